The zero-order valence-electron chi connectivity index (χ0n) is 12.8. The molecule has 0 spiro atoms. The molecular formula is C17H20N2O3. The van der Waals surface area contributed by atoms with Crippen LogP contribution in [0.4, 0.5) is 0 Å². The number of aromatic nitrogens is 1. The Morgan fingerprint density at radius 2 is 2.09 bits per heavy atom. The van der Waals surface area contributed by atoms with Crippen LogP contribution >= 0.6 is 0 Å². The molecule has 0 amide bonds. The number of methoxy groups -OCH3 is 1. The smallest absolute Gasteiger partial charge is 0.223 e. The maximum absolute atomic E-state index is 11.6. The van der Waals surface area contributed by atoms with E-state index in [0.29, 0.717) is 6.54 Å². The Labute approximate surface area is 129 Å². The van der Waals surface area contributed by atoms with Gasteiger partial charge in [0.1, 0.15) is 5.75 Å². The summed E-state index contributed by atoms with van der Waals surface area (Å²) in [5.41, 5.74) is 1.81. The van der Waals surface area contributed by atoms with Crippen molar-refractivity contribution in [1.29, 1.82) is 0 Å². The van der Waals surface area contributed by atoms with Gasteiger partial charge in [0.2, 0.25) is 5.43 Å². The summed E-state index contributed by atoms with van der Waals surface area (Å²) in [6.45, 7) is 4.47. The summed E-state index contributed by atoms with van der Waals surface area (Å²) in [6.07, 6.45) is 1.53. The van der Waals surface area contributed by atoms with E-state index < -0.39 is 0 Å². The zero-order valence-corrected chi connectivity index (χ0v) is 12.8. The van der Waals surface area contributed by atoms with Gasteiger partial charge < -0.3 is 14.4 Å². The third-order valence-electron chi connectivity index (χ3n) is 4.31. The van der Waals surface area contributed by atoms with Crippen molar-refractivity contribution in [3.63, 3.8) is 0 Å². The van der Waals surface area contributed by atoms with Crippen LogP contribution in [0.5, 0.6) is 11.5 Å². The van der Waals surface area contributed by atoms with Crippen molar-refractivity contribution in [2.24, 2.45) is 0 Å². The highest BCUT2D eigenvalue weighted by Crippen LogP contribution is 2.27. The fourth-order valence-electron chi connectivity index (χ4n) is 2.91. The molecule has 0 saturated heterocycles. The van der Waals surface area contributed by atoms with E-state index in [1.807, 2.05) is 22.8 Å². The van der Waals surface area contributed by atoms with E-state index in [1.165, 1.54) is 17.8 Å². The lowest BCUT2D eigenvalue weighted by Crippen LogP contribution is -2.36. The summed E-state index contributed by atoms with van der Waals surface area (Å²) >= 11 is 0. The van der Waals surface area contributed by atoms with E-state index in [4.69, 9.17) is 4.74 Å². The molecule has 0 radical (unpaired) electrons. The molecule has 22 heavy (non-hydrogen) atoms. The van der Waals surface area contributed by atoms with Gasteiger partial charge >= 0.3 is 0 Å². The molecule has 0 aliphatic carbocycles. The maximum Gasteiger partial charge on any atom is 0.223 e. The molecule has 1 aromatic carbocycles. The minimum Gasteiger partial charge on any atom is -0.503 e. The molecule has 1 N–H and O–H groups in total. The van der Waals surface area contributed by atoms with Crippen LogP contribution in [0.2, 0.25) is 0 Å². The van der Waals surface area contributed by atoms with Crippen molar-refractivity contribution >= 4 is 0 Å². The van der Waals surface area contributed by atoms with Gasteiger partial charge in [0.25, 0.3) is 0 Å². The molecule has 116 valence electrons. The Morgan fingerprint density at radius 1 is 1.27 bits per heavy atom. The van der Waals surface area contributed by atoms with E-state index in [1.54, 1.807) is 7.11 Å². The Balaban J connectivity index is 1.84. The highest BCUT2D eigenvalue weighted by Gasteiger charge is 2.22. The van der Waals surface area contributed by atoms with Crippen LogP contribution in [-0.4, -0.2) is 28.2 Å². The Kier molecular flexibility index (Phi) is 3.90. The largest absolute Gasteiger partial charge is 0.503 e. The predicted octanol–water partition coefficient (Wildman–Crippen LogP) is 2.14. The quantitative estimate of drug-likeness (QED) is 0.943. The summed E-state index contributed by atoms with van der Waals surface area (Å²) < 4.78 is 7.24. The molecule has 2 heterocycles. The summed E-state index contributed by atoms with van der Waals surface area (Å²) in [5.74, 6) is 0.668. The first-order chi connectivity index (χ1) is 10.6. The van der Waals surface area contributed by atoms with E-state index >= 15 is 0 Å². The van der Waals surface area contributed by atoms with Crippen LogP contribution < -0.4 is 10.2 Å². The van der Waals surface area contributed by atoms with Crippen molar-refractivity contribution in [3.8, 4) is 11.5 Å². The number of benzene rings is 1. The first kappa shape index (κ1) is 14.7. The number of nitrogens with zero attached hydrogens (tertiary/aromatic N) is 2. The Bertz CT molecular complexity index is 739. The van der Waals surface area contributed by atoms with Crippen molar-refractivity contribution < 1.29 is 9.84 Å². The number of pyridine rings is 1. The van der Waals surface area contributed by atoms with Gasteiger partial charge in [-0.25, -0.2) is 0 Å². The molecule has 3 rings (SSSR count). The van der Waals surface area contributed by atoms with E-state index in [-0.39, 0.29) is 17.2 Å². The second-order valence-corrected chi connectivity index (χ2v) is 5.63. The normalized spacial score (nSPS) is 16.1. The van der Waals surface area contributed by atoms with Gasteiger partial charge in [-0.15, -0.1) is 0 Å². The first-order valence-electron chi connectivity index (χ1n) is 7.39. The van der Waals surface area contributed by atoms with Gasteiger partial charge in [-0.05, 0) is 24.6 Å². The molecule has 0 fully saturated rings. The van der Waals surface area contributed by atoms with Crippen LogP contribution in [0.15, 0.2) is 41.3 Å². The summed E-state index contributed by atoms with van der Waals surface area (Å²) in [7, 11) is 1.67. The average molecular weight is 300 g/mol. The zero-order chi connectivity index (χ0) is 15.7. The molecule has 0 saturated carbocycles. The molecule has 1 atom stereocenters. The molecule has 1 aromatic heterocycles. The number of rotatable bonds is 3. The fraction of sp³-hybridized carbons (Fsp3) is 0.353. The van der Waals surface area contributed by atoms with Crippen LogP contribution in [0.25, 0.3) is 0 Å². The monoisotopic (exact) mass is 300 g/mol. The lowest BCUT2D eigenvalue weighted by Gasteiger charge is -2.35. The van der Waals surface area contributed by atoms with Crippen molar-refractivity contribution in [3.05, 3.63) is 58.0 Å². The topological polar surface area (TPSA) is 54.7 Å². The molecule has 1 aliphatic rings. The van der Waals surface area contributed by atoms with Gasteiger partial charge in [0.15, 0.2) is 5.75 Å². The Hall–Kier alpha value is -2.27. The maximum atomic E-state index is 11.6. The van der Waals surface area contributed by atoms with Gasteiger partial charge in [0, 0.05) is 37.4 Å². The average Bonchev–Trinajstić information content (AvgIpc) is 2.55. The summed E-state index contributed by atoms with van der Waals surface area (Å²) in [4.78, 5) is 13.9. The van der Waals surface area contributed by atoms with Crippen molar-refractivity contribution in [2.45, 2.75) is 26.1 Å². The highest BCUT2D eigenvalue weighted by atomic mass is 16.5. The number of hydrogen-bond donors (Lipinski definition) is 1. The van der Waals surface area contributed by atoms with Crippen molar-refractivity contribution in [2.75, 3.05) is 13.7 Å². The van der Waals surface area contributed by atoms with E-state index in [0.717, 1.165) is 24.5 Å². The molecule has 0 bridgehead atoms. The molecule has 1 aliphatic heterocycles. The minimum atomic E-state index is -0.317. The SMILES string of the molecule is COc1cccc(C(C)N2CCn3cc(O)c(=O)cc3C2)c1. The predicted molar refractivity (Wildman–Crippen MR) is 84.2 cm³/mol. The molecular weight excluding hydrogens is 280 g/mol. The highest BCUT2D eigenvalue weighted by molar-refractivity contribution is 5.30. The van der Waals surface area contributed by atoms with Gasteiger partial charge in [-0.3, -0.25) is 9.69 Å². The standard InChI is InChI=1S/C17H20N2O3/c1-12(13-4-3-5-15(8-13)22-2)18-6-7-19-11-17(21)16(20)9-14(19)10-18/h3-5,8-9,11-12,21H,6-7,10H2,1-2H3. The van der Waals surface area contributed by atoms with Gasteiger partial charge in [-0.1, -0.05) is 12.1 Å². The fourth-order valence-corrected chi connectivity index (χ4v) is 2.91. The minimum absolute atomic E-state index is 0.182. The number of fused-ring (bicyclic) bond motifs is 1. The molecule has 1 unspecified atom stereocenters. The van der Waals surface area contributed by atoms with Gasteiger partial charge in [-0.2, -0.15) is 0 Å². The lowest BCUT2D eigenvalue weighted by atomic mass is 10.1. The third-order valence-corrected chi connectivity index (χ3v) is 4.31. The summed E-state index contributed by atoms with van der Waals surface area (Å²) in [5, 5.41) is 9.53. The summed E-state index contributed by atoms with van der Waals surface area (Å²) in [6, 6.07) is 9.82. The van der Waals surface area contributed by atoms with Crippen LogP contribution in [0.3, 0.4) is 0 Å². The number of hydrogen-bond acceptors (Lipinski definition) is 4. The lowest BCUT2D eigenvalue weighted by molar-refractivity contribution is 0.164. The first-order valence-corrected chi connectivity index (χ1v) is 7.39. The second kappa shape index (κ2) is 5.85. The number of ether oxygens (including phenoxy) is 1. The second-order valence-electron chi connectivity index (χ2n) is 5.63. The number of aromatic hydroxyl groups is 1. The molecule has 5 heteroatoms. The van der Waals surface area contributed by atoms with Crippen LogP contribution in [-0.2, 0) is 13.1 Å². The van der Waals surface area contributed by atoms with Crippen LogP contribution in [0, 0.1) is 0 Å². The van der Waals surface area contributed by atoms with Gasteiger partial charge in [0.05, 0.1) is 13.3 Å². The van der Waals surface area contributed by atoms with Crippen LogP contribution in [0.1, 0.15) is 24.2 Å². The Morgan fingerprint density at radius 3 is 2.86 bits per heavy atom. The molecule has 2 aromatic rings. The molecule has 5 nitrogen and oxygen atoms in total. The van der Waals surface area contributed by atoms with E-state index in [2.05, 4.69) is 17.9 Å². The van der Waals surface area contributed by atoms with Crippen molar-refractivity contribution in [1.82, 2.24) is 9.47 Å². The third kappa shape index (κ3) is 2.72. The van der Waals surface area contributed by atoms with E-state index in [9.17, 15) is 9.90 Å².